The van der Waals surface area contributed by atoms with Crippen LogP contribution in [0.2, 0.25) is 0 Å². The van der Waals surface area contributed by atoms with Crippen LogP contribution in [0.25, 0.3) is 0 Å². The highest BCUT2D eigenvalue weighted by atomic mass is 16.2. The van der Waals surface area contributed by atoms with Crippen LogP contribution in [0.3, 0.4) is 0 Å². The van der Waals surface area contributed by atoms with Gasteiger partial charge in [0, 0.05) is 57.7 Å². The predicted octanol–water partition coefficient (Wildman–Crippen LogP) is 3.12. The second-order valence-corrected chi connectivity index (χ2v) is 8.55. The van der Waals surface area contributed by atoms with Crippen LogP contribution >= 0.6 is 0 Å². The Labute approximate surface area is 184 Å². The number of aryl methyl sites for hydroxylation is 3. The van der Waals surface area contributed by atoms with E-state index in [9.17, 15) is 4.79 Å². The number of amides is 1. The average molecular weight is 421 g/mol. The van der Waals surface area contributed by atoms with Crippen LogP contribution in [0.15, 0.2) is 48.8 Å². The van der Waals surface area contributed by atoms with Crippen molar-refractivity contribution in [2.75, 3.05) is 26.2 Å². The number of carbonyl (C=O) groups is 1. The van der Waals surface area contributed by atoms with E-state index < -0.39 is 0 Å². The normalized spacial score (nSPS) is 17.0. The molecule has 164 valence electrons. The van der Waals surface area contributed by atoms with E-state index in [0.717, 1.165) is 43.4 Å². The monoisotopic (exact) mass is 420 g/mol. The smallest absolute Gasteiger partial charge is 0.224 e. The second kappa shape index (κ2) is 9.06. The van der Waals surface area contributed by atoms with E-state index in [2.05, 4.69) is 56.8 Å². The summed E-state index contributed by atoms with van der Waals surface area (Å²) in [6.07, 6.45) is 4.32. The van der Waals surface area contributed by atoms with Gasteiger partial charge in [-0.15, -0.1) is 0 Å². The number of imidazole rings is 1. The molecule has 4 rings (SSSR count). The fraction of sp³-hybridized carbons (Fsp3) is 0.458. The van der Waals surface area contributed by atoms with Gasteiger partial charge in [0.05, 0.1) is 17.8 Å². The molecule has 0 spiro atoms. The Morgan fingerprint density at radius 1 is 1.10 bits per heavy atom. The fourth-order valence-corrected chi connectivity index (χ4v) is 4.59. The molecule has 7 heteroatoms. The third-order valence-corrected chi connectivity index (χ3v) is 6.18. The van der Waals surface area contributed by atoms with Gasteiger partial charge in [-0.05, 0) is 32.4 Å². The Balaban J connectivity index is 1.42. The summed E-state index contributed by atoms with van der Waals surface area (Å²) in [6, 6.07) is 12.7. The molecule has 2 aromatic heterocycles. The van der Waals surface area contributed by atoms with E-state index in [-0.39, 0.29) is 18.0 Å². The molecule has 0 radical (unpaired) electrons. The Hall–Kier alpha value is -2.93. The summed E-state index contributed by atoms with van der Waals surface area (Å²) in [4.78, 5) is 22.1. The molecule has 2 atom stereocenters. The molecule has 0 saturated carbocycles. The number of piperazine rings is 1. The van der Waals surface area contributed by atoms with Crippen LogP contribution in [-0.4, -0.2) is 61.2 Å². The molecule has 0 N–H and O–H groups in total. The number of hydrogen-bond donors (Lipinski definition) is 0. The molecular formula is C24H32N6O. The zero-order chi connectivity index (χ0) is 22.0. The maximum absolute atomic E-state index is 13.0. The van der Waals surface area contributed by atoms with Crippen molar-refractivity contribution < 1.29 is 4.79 Å². The third-order valence-electron chi connectivity index (χ3n) is 6.18. The van der Waals surface area contributed by atoms with Gasteiger partial charge in [-0.25, -0.2) is 4.98 Å². The lowest BCUT2D eigenvalue weighted by molar-refractivity contribution is -0.134. The van der Waals surface area contributed by atoms with Crippen molar-refractivity contribution in [3.63, 3.8) is 0 Å². The van der Waals surface area contributed by atoms with E-state index in [1.165, 1.54) is 5.56 Å². The Morgan fingerprint density at radius 3 is 2.39 bits per heavy atom. The minimum absolute atomic E-state index is 0.0591. The quantitative estimate of drug-likeness (QED) is 0.615. The van der Waals surface area contributed by atoms with Crippen molar-refractivity contribution in [2.24, 2.45) is 7.05 Å². The maximum atomic E-state index is 13.0. The van der Waals surface area contributed by atoms with Gasteiger partial charge in [0.15, 0.2) is 0 Å². The number of hydrogen-bond acceptors (Lipinski definition) is 4. The van der Waals surface area contributed by atoms with Crippen LogP contribution in [0, 0.1) is 13.8 Å². The van der Waals surface area contributed by atoms with Crippen molar-refractivity contribution in [3.8, 4) is 0 Å². The van der Waals surface area contributed by atoms with Crippen molar-refractivity contribution in [2.45, 2.75) is 39.3 Å². The van der Waals surface area contributed by atoms with E-state index >= 15 is 0 Å². The van der Waals surface area contributed by atoms with Crippen LogP contribution in [0.5, 0.6) is 0 Å². The Kier molecular flexibility index (Phi) is 6.23. The molecule has 31 heavy (non-hydrogen) atoms. The number of benzene rings is 1. The molecule has 3 aromatic rings. The van der Waals surface area contributed by atoms with Gasteiger partial charge in [-0.1, -0.05) is 30.3 Å². The lowest BCUT2D eigenvalue weighted by Crippen LogP contribution is -2.50. The highest BCUT2D eigenvalue weighted by Crippen LogP contribution is 2.28. The minimum Gasteiger partial charge on any atom is -0.340 e. The van der Waals surface area contributed by atoms with Crippen LogP contribution < -0.4 is 0 Å². The molecule has 0 bridgehead atoms. The molecule has 1 aliphatic rings. The lowest BCUT2D eigenvalue weighted by atomic mass is 10.0. The van der Waals surface area contributed by atoms with E-state index in [0.29, 0.717) is 6.42 Å². The summed E-state index contributed by atoms with van der Waals surface area (Å²) in [5, 5.41) is 4.54. The van der Waals surface area contributed by atoms with Crippen molar-refractivity contribution in [3.05, 3.63) is 71.6 Å². The van der Waals surface area contributed by atoms with E-state index in [1.54, 1.807) is 0 Å². The summed E-state index contributed by atoms with van der Waals surface area (Å²) >= 11 is 0. The van der Waals surface area contributed by atoms with E-state index in [4.69, 9.17) is 0 Å². The van der Waals surface area contributed by atoms with Gasteiger partial charge >= 0.3 is 0 Å². The molecular weight excluding hydrogens is 388 g/mol. The van der Waals surface area contributed by atoms with Crippen LogP contribution in [-0.2, 0) is 11.8 Å². The van der Waals surface area contributed by atoms with Gasteiger partial charge < -0.3 is 9.47 Å². The average Bonchev–Trinajstić information content (AvgIpc) is 3.34. The highest BCUT2D eigenvalue weighted by Gasteiger charge is 2.30. The second-order valence-electron chi connectivity index (χ2n) is 8.55. The van der Waals surface area contributed by atoms with Gasteiger partial charge in [0.2, 0.25) is 5.91 Å². The lowest BCUT2D eigenvalue weighted by Gasteiger charge is -2.39. The zero-order valence-electron chi connectivity index (χ0n) is 18.9. The number of nitrogens with zero attached hydrogens (tertiary/aromatic N) is 6. The first-order valence-electron chi connectivity index (χ1n) is 11.0. The molecule has 3 heterocycles. The molecule has 1 aromatic carbocycles. The summed E-state index contributed by atoms with van der Waals surface area (Å²) in [5.41, 5.74) is 3.32. The standard InChI is InChI=1S/C24H32N6O/c1-18-16-19(2)30(26-18)20(3)17-22(31)28-12-14-29(15-13-28)23(21-8-6-5-7-9-21)24-25-10-11-27(24)4/h5-11,16,20,23H,12-15,17H2,1-4H3/t20-,23+/m0/s1. The highest BCUT2D eigenvalue weighted by molar-refractivity contribution is 5.76. The largest absolute Gasteiger partial charge is 0.340 e. The fourth-order valence-electron chi connectivity index (χ4n) is 4.59. The van der Waals surface area contributed by atoms with Crippen LogP contribution in [0.1, 0.15) is 48.2 Å². The number of rotatable bonds is 6. The van der Waals surface area contributed by atoms with Gasteiger partial charge in [0.25, 0.3) is 0 Å². The van der Waals surface area contributed by atoms with Gasteiger partial charge in [0.1, 0.15) is 5.82 Å². The predicted molar refractivity (Wildman–Crippen MR) is 121 cm³/mol. The Morgan fingerprint density at radius 2 is 1.81 bits per heavy atom. The summed E-state index contributed by atoms with van der Waals surface area (Å²) < 4.78 is 4.06. The third kappa shape index (κ3) is 4.56. The first-order valence-corrected chi connectivity index (χ1v) is 11.0. The molecule has 1 fully saturated rings. The summed E-state index contributed by atoms with van der Waals surface area (Å²) in [6.45, 7) is 9.22. The maximum Gasteiger partial charge on any atom is 0.224 e. The topological polar surface area (TPSA) is 59.2 Å². The number of carbonyl (C=O) groups excluding carboxylic acids is 1. The zero-order valence-corrected chi connectivity index (χ0v) is 18.9. The SMILES string of the molecule is Cc1cc(C)n([C@@H](C)CC(=O)N2CCN([C@H](c3ccccc3)c3nccn3C)CC2)n1. The number of aromatic nitrogens is 4. The Bertz CT molecular complexity index is 1020. The molecule has 0 unspecified atom stereocenters. The minimum atomic E-state index is 0.0591. The first kappa shape index (κ1) is 21.3. The molecule has 7 nitrogen and oxygen atoms in total. The van der Waals surface area contributed by atoms with Crippen molar-refractivity contribution in [1.82, 2.24) is 29.1 Å². The summed E-state index contributed by atoms with van der Waals surface area (Å²) in [5.74, 6) is 1.23. The van der Waals surface area contributed by atoms with E-state index in [1.807, 2.05) is 48.9 Å². The molecule has 1 saturated heterocycles. The van der Waals surface area contributed by atoms with Crippen LogP contribution in [0.4, 0.5) is 0 Å². The molecule has 1 aliphatic heterocycles. The molecule has 1 amide bonds. The van der Waals surface area contributed by atoms with Crippen molar-refractivity contribution >= 4 is 5.91 Å². The van der Waals surface area contributed by atoms with Crippen molar-refractivity contribution in [1.29, 1.82) is 0 Å². The van der Waals surface area contributed by atoms with Gasteiger partial charge in [-0.2, -0.15) is 5.10 Å². The summed E-state index contributed by atoms with van der Waals surface area (Å²) in [7, 11) is 2.04. The first-order chi connectivity index (χ1) is 14.9. The van der Waals surface area contributed by atoms with Gasteiger partial charge in [-0.3, -0.25) is 14.4 Å². The molecule has 0 aliphatic carbocycles.